The Bertz CT molecular complexity index is 942. The number of hydrogen-bond acceptors (Lipinski definition) is 4. The summed E-state index contributed by atoms with van der Waals surface area (Å²) in [6, 6.07) is 13.2. The first kappa shape index (κ1) is 18.1. The lowest BCUT2D eigenvalue weighted by Crippen LogP contribution is -2.34. The number of carbonyl (C=O) groups excluding carboxylic acids is 2. The van der Waals surface area contributed by atoms with Gasteiger partial charge in [-0.3, -0.25) is 14.7 Å². The van der Waals surface area contributed by atoms with Gasteiger partial charge in [-0.1, -0.05) is 12.1 Å². The largest absolute Gasteiger partial charge is 0.349 e. The highest BCUT2D eigenvalue weighted by atomic mass is 32.1. The first-order chi connectivity index (χ1) is 12.4. The average molecular weight is 367 g/mol. The standard InChI is InChI=1S/C20H21N3O2S/c1-12(9-17-10-13(2)22-23-17)21-20(25)16-6-4-5-15(11-16)19-8-7-18(26-19)14(3)24/h4-8,10-12H,9H2,1-3H3,(H,21,25)(H,22,23). The van der Waals surface area contributed by atoms with Gasteiger partial charge in [-0.25, -0.2) is 0 Å². The Morgan fingerprint density at radius 1 is 1.23 bits per heavy atom. The number of Topliss-reactive ketones (excluding diaryl/α,β-unsaturated/α-hetero) is 1. The molecule has 0 aliphatic heterocycles. The highest BCUT2D eigenvalue weighted by Gasteiger charge is 2.13. The first-order valence-corrected chi connectivity index (χ1v) is 9.27. The SMILES string of the molecule is CC(=O)c1ccc(-c2cccc(C(=O)NC(C)Cc3cc(C)[nH]n3)c2)s1. The zero-order chi connectivity index (χ0) is 18.7. The molecule has 26 heavy (non-hydrogen) atoms. The van der Waals surface area contributed by atoms with Gasteiger partial charge >= 0.3 is 0 Å². The summed E-state index contributed by atoms with van der Waals surface area (Å²) in [5, 5.41) is 10.1. The van der Waals surface area contributed by atoms with Crippen molar-refractivity contribution in [2.45, 2.75) is 33.2 Å². The number of aromatic nitrogens is 2. The third-order valence-corrected chi connectivity index (χ3v) is 5.25. The number of benzene rings is 1. The molecule has 1 aromatic carbocycles. The molecule has 1 unspecified atom stereocenters. The molecular weight excluding hydrogens is 346 g/mol. The van der Waals surface area contributed by atoms with Gasteiger partial charge in [0.25, 0.3) is 5.91 Å². The van der Waals surface area contributed by atoms with E-state index in [4.69, 9.17) is 0 Å². The van der Waals surface area contributed by atoms with Crippen LogP contribution in [0.25, 0.3) is 10.4 Å². The van der Waals surface area contributed by atoms with E-state index < -0.39 is 0 Å². The fourth-order valence-electron chi connectivity index (χ4n) is 2.75. The second-order valence-electron chi connectivity index (χ2n) is 6.42. The fraction of sp³-hybridized carbons (Fsp3) is 0.250. The van der Waals surface area contributed by atoms with Gasteiger partial charge in [-0.2, -0.15) is 5.10 Å². The number of thiophene rings is 1. The maximum absolute atomic E-state index is 12.6. The van der Waals surface area contributed by atoms with Crippen molar-refractivity contribution >= 4 is 23.0 Å². The molecule has 6 heteroatoms. The Kier molecular flexibility index (Phi) is 5.32. The van der Waals surface area contributed by atoms with Crippen LogP contribution in [0.2, 0.25) is 0 Å². The minimum absolute atomic E-state index is 0.0279. The van der Waals surface area contributed by atoms with Gasteiger partial charge in [0.1, 0.15) is 0 Å². The second kappa shape index (κ2) is 7.66. The molecule has 134 valence electrons. The van der Waals surface area contributed by atoms with Gasteiger partial charge in [0.05, 0.1) is 10.6 Å². The lowest BCUT2D eigenvalue weighted by molar-refractivity contribution is 0.0939. The monoisotopic (exact) mass is 367 g/mol. The zero-order valence-corrected chi connectivity index (χ0v) is 15.8. The van der Waals surface area contributed by atoms with Crippen LogP contribution in [0.1, 0.15) is 45.3 Å². The molecule has 0 fully saturated rings. The predicted octanol–water partition coefficient (Wildman–Crippen LogP) is 4.01. The number of aromatic amines is 1. The molecule has 0 saturated heterocycles. The Morgan fingerprint density at radius 3 is 2.69 bits per heavy atom. The van der Waals surface area contributed by atoms with Crippen LogP contribution in [0, 0.1) is 6.92 Å². The number of carbonyl (C=O) groups is 2. The van der Waals surface area contributed by atoms with Gasteiger partial charge in [-0.15, -0.1) is 11.3 Å². The Labute approximate surface area is 156 Å². The molecular formula is C20H21N3O2S. The van der Waals surface area contributed by atoms with Crippen molar-refractivity contribution in [3.63, 3.8) is 0 Å². The van der Waals surface area contributed by atoms with E-state index in [1.165, 1.54) is 11.3 Å². The van der Waals surface area contributed by atoms with Crippen molar-refractivity contribution in [3.8, 4) is 10.4 Å². The predicted molar refractivity (Wildman–Crippen MR) is 104 cm³/mol. The Hall–Kier alpha value is -2.73. The van der Waals surface area contributed by atoms with Crippen molar-refractivity contribution in [3.05, 3.63) is 64.3 Å². The molecule has 2 N–H and O–H groups in total. The van der Waals surface area contributed by atoms with Crippen LogP contribution in [0.15, 0.2) is 42.5 Å². The number of rotatable bonds is 6. The molecule has 3 aromatic rings. The maximum Gasteiger partial charge on any atom is 0.251 e. The van der Waals surface area contributed by atoms with Crippen LogP contribution in [0.5, 0.6) is 0 Å². The molecule has 5 nitrogen and oxygen atoms in total. The summed E-state index contributed by atoms with van der Waals surface area (Å²) in [5.41, 5.74) is 3.47. The topological polar surface area (TPSA) is 74.8 Å². The fourth-order valence-corrected chi connectivity index (χ4v) is 3.64. The molecule has 0 aliphatic rings. The van der Waals surface area contributed by atoms with Gasteiger partial charge in [0, 0.05) is 28.6 Å². The van der Waals surface area contributed by atoms with Gasteiger partial charge in [0.2, 0.25) is 0 Å². The number of H-pyrrole nitrogens is 1. The minimum atomic E-state index is -0.116. The molecule has 0 spiro atoms. The summed E-state index contributed by atoms with van der Waals surface area (Å²) in [7, 11) is 0. The lowest BCUT2D eigenvalue weighted by atomic mass is 10.1. The van der Waals surface area contributed by atoms with Crippen LogP contribution in [0.4, 0.5) is 0 Å². The second-order valence-corrected chi connectivity index (χ2v) is 7.51. The van der Waals surface area contributed by atoms with Gasteiger partial charge in [0.15, 0.2) is 5.78 Å². The highest BCUT2D eigenvalue weighted by molar-refractivity contribution is 7.17. The van der Waals surface area contributed by atoms with Crippen LogP contribution in [-0.2, 0) is 6.42 Å². The van der Waals surface area contributed by atoms with E-state index in [9.17, 15) is 9.59 Å². The minimum Gasteiger partial charge on any atom is -0.349 e. The number of ketones is 1. The van der Waals surface area contributed by atoms with E-state index in [2.05, 4.69) is 15.5 Å². The average Bonchev–Trinajstić information content (AvgIpc) is 3.24. The molecule has 1 amide bonds. The van der Waals surface area contributed by atoms with Gasteiger partial charge in [-0.05, 0) is 56.7 Å². The number of nitrogens with one attached hydrogen (secondary N) is 2. The van der Waals surface area contributed by atoms with Crippen molar-refractivity contribution < 1.29 is 9.59 Å². The van der Waals surface area contributed by atoms with Crippen LogP contribution in [0.3, 0.4) is 0 Å². The van der Waals surface area contributed by atoms with Crippen LogP contribution in [-0.4, -0.2) is 27.9 Å². The Balaban J connectivity index is 1.70. The smallest absolute Gasteiger partial charge is 0.251 e. The van der Waals surface area contributed by atoms with E-state index in [-0.39, 0.29) is 17.7 Å². The van der Waals surface area contributed by atoms with E-state index in [0.29, 0.717) is 12.0 Å². The molecule has 0 saturated carbocycles. The van der Waals surface area contributed by atoms with E-state index in [0.717, 1.165) is 26.7 Å². The summed E-state index contributed by atoms with van der Waals surface area (Å²) in [6.45, 7) is 5.47. The van der Waals surface area contributed by atoms with E-state index in [1.807, 2.05) is 50.2 Å². The lowest BCUT2D eigenvalue weighted by Gasteiger charge is -2.13. The van der Waals surface area contributed by atoms with Crippen molar-refractivity contribution in [1.82, 2.24) is 15.5 Å². The number of aryl methyl sites for hydroxylation is 1. The summed E-state index contributed by atoms with van der Waals surface area (Å²) in [4.78, 5) is 25.7. The molecule has 2 aromatic heterocycles. The summed E-state index contributed by atoms with van der Waals surface area (Å²) >= 11 is 1.44. The summed E-state index contributed by atoms with van der Waals surface area (Å²) < 4.78 is 0. The molecule has 0 bridgehead atoms. The van der Waals surface area contributed by atoms with E-state index >= 15 is 0 Å². The summed E-state index contributed by atoms with van der Waals surface area (Å²) in [6.07, 6.45) is 0.669. The quantitative estimate of drug-likeness (QED) is 0.647. The van der Waals surface area contributed by atoms with Crippen molar-refractivity contribution in [2.75, 3.05) is 0 Å². The molecule has 0 aliphatic carbocycles. The maximum atomic E-state index is 12.6. The molecule has 0 radical (unpaired) electrons. The zero-order valence-electron chi connectivity index (χ0n) is 15.0. The first-order valence-electron chi connectivity index (χ1n) is 8.45. The molecule has 2 heterocycles. The molecule has 3 rings (SSSR count). The van der Waals surface area contributed by atoms with Crippen molar-refractivity contribution in [2.24, 2.45) is 0 Å². The van der Waals surface area contributed by atoms with E-state index in [1.54, 1.807) is 13.0 Å². The van der Waals surface area contributed by atoms with Gasteiger partial charge < -0.3 is 5.32 Å². The van der Waals surface area contributed by atoms with Crippen molar-refractivity contribution in [1.29, 1.82) is 0 Å². The van der Waals surface area contributed by atoms with Crippen LogP contribution < -0.4 is 5.32 Å². The normalized spacial score (nSPS) is 12.0. The number of hydrogen-bond donors (Lipinski definition) is 2. The number of nitrogens with zero attached hydrogens (tertiary/aromatic N) is 1. The third kappa shape index (κ3) is 4.26. The molecule has 1 atom stereocenters. The summed E-state index contributed by atoms with van der Waals surface area (Å²) in [5.74, 6) is -0.0625. The Morgan fingerprint density at radius 2 is 2.04 bits per heavy atom. The number of amides is 1. The van der Waals surface area contributed by atoms with Crippen LogP contribution >= 0.6 is 11.3 Å². The highest BCUT2D eigenvalue weighted by Crippen LogP contribution is 2.29. The third-order valence-electron chi connectivity index (χ3n) is 4.01.